The third kappa shape index (κ3) is 2.11. The van der Waals surface area contributed by atoms with Crippen molar-refractivity contribution in [2.24, 2.45) is 0 Å². The molecule has 5 heteroatoms. The Kier molecular flexibility index (Phi) is 3.67. The van der Waals surface area contributed by atoms with E-state index < -0.39 is 0 Å². The van der Waals surface area contributed by atoms with Gasteiger partial charge in [0.05, 0.1) is 11.1 Å². The Morgan fingerprint density at radius 1 is 1.11 bits per heavy atom. The van der Waals surface area contributed by atoms with E-state index in [4.69, 9.17) is 4.42 Å². The smallest absolute Gasteiger partial charge is 0.173 e. The number of hydrogen-bond acceptors (Lipinski definition) is 2. The summed E-state index contributed by atoms with van der Waals surface area (Å²) >= 11 is 12.5. The van der Waals surface area contributed by atoms with Crippen LogP contribution in [0, 0.1) is 0 Å². The summed E-state index contributed by atoms with van der Waals surface area (Å²) in [6, 6.07) is 8.26. The second kappa shape index (κ2) is 5.12. The first kappa shape index (κ1) is 12.9. The van der Waals surface area contributed by atoms with Crippen molar-refractivity contribution in [3.8, 4) is 0 Å². The van der Waals surface area contributed by atoms with Crippen LogP contribution < -0.4 is 0 Å². The van der Waals surface area contributed by atoms with Crippen molar-refractivity contribution < 1.29 is 4.42 Å². The van der Waals surface area contributed by atoms with Crippen molar-refractivity contribution >= 4 is 69.2 Å². The zero-order valence-corrected chi connectivity index (χ0v) is 14.6. The number of hydrogen-bond donors (Lipinski definition) is 0. The molecule has 0 N–H and O–H groups in total. The average molecular weight is 451 g/mol. The fraction of sp³-hybridized carbons (Fsp3) is 0.0769. The first-order chi connectivity index (χ1) is 8.68. The van der Waals surface area contributed by atoms with Gasteiger partial charge in [0.2, 0.25) is 0 Å². The number of halogens is 3. The van der Waals surface area contributed by atoms with Gasteiger partial charge in [0.25, 0.3) is 0 Å². The summed E-state index contributed by atoms with van der Waals surface area (Å²) in [6.45, 7) is 0. The van der Waals surface area contributed by atoms with Gasteiger partial charge in [0.1, 0.15) is 0 Å². The molecule has 1 nitrogen and oxygen atoms in total. The molecule has 3 aromatic rings. The van der Waals surface area contributed by atoms with Crippen LogP contribution in [0.3, 0.4) is 0 Å². The molecule has 1 unspecified atom stereocenters. The van der Waals surface area contributed by atoms with E-state index in [-0.39, 0.29) is 4.83 Å². The Morgan fingerprint density at radius 3 is 2.67 bits per heavy atom. The Morgan fingerprint density at radius 2 is 1.94 bits per heavy atom. The molecule has 0 amide bonds. The third-order valence-electron chi connectivity index (χ3n) is 2.77. The minimum atomic E-state index is 0.133. The topological polar surface area (TPSA) is 13.1 Å². The van der Waals surface area contributed by atoms with Crippen LogP contribution in [-0.4, -0.2) is 0 Å². The van der Waals surface area contributed by atoms with Crippen LogP contribution in [0.15, 0.2) is 49.5 Å². The lowest BCUT2D eigenvalue weighted by atomic mass is 10.1. The van der Waals surface area contributed by atoms with Crippen LogP contribution in [0.4, 0.5) is 0 Å². The minimum absolute atomic E-state index is 0.133. The highest BCUT2D eigenvalue weighted by Crippen LogP contribution is 2.42. The molecule has 0 aliphatic carbocycles. The first-order valence-electron chi connectivity index (χ1n) is 5.21. The summed E-state index contributed by atoms with van der Waals surface area (Å²) in [5.41, 5.74) is 2.37. The highest BCUT2D eigenvalue weighted by molar-refractivity contribution is 9.11. The molecule has 3 rings (SSSR count). The molecule has 0 bridgehead atoms. The number of thiophene rings is 1. The second-order valence-electron chi connectivity index (χ2n) is 3.82. The average Bonchev–Trinajstić information content (AvgIpc) is 2.95. The quantitative estimate of drug-likeness (QED) is 0.406. The molecule has 92 valence electrons. The normalized spacial score (nSPS) is 13.1. The summed E-state index contributed by atoms with van der Waals surface area (Å²) in [6.07, 6.45) is 1.69. The number of alkyl halides is 1. The molecule has 0 spiro atoms. The van der Waals surface area contributed by atoms with Gasteiger partial charge in [-0.2, -0.15) is 0 Å². The van der Waals surface area contributed by atoms with E-state index in [2.05, 4.69) is 71.4 Å². The molecule has 1 atom stereocenters. The van der Waals surface area contributed by atoms with Crippen LogP contribution >= 0.6 is 59.1 Å². The molecular formula is C13H7Br3OS. The molecule has 0 saturated carbocycles. The van der Waals surface area contributed by atoms with Crippen molar-refractivity contribution in [1.29, 1.82) is 0 Å². The zero-order valence-electron chi connectivity index (χ0n) is 8.99. The summed E-state index contributed by atoms with van der Waals surface area (Å²) in [5, 5.41) is 3.46. The lowest BCUT2D eigenvalue weighted by Crippen LogP contribution is -1.89. The Bertz CT molecular complexity index is 701. The molecule has 0 fully saturated rings. The maximum atomic E-state index is 5.30. The van der Waals surface area contributed by atoms with Crippen molar-refractivity contribution in [2.45, 2.75) is 4.83 Å². The van der Waals surface area contributed by atoms with E-state index in [1.54, 1.807) is 17.6 Å². The highest BCUT2D eigenvalue weighted by atomic mass is 79.9. The van der Waals surface area contributed by atoms with E-state index in [0.29, 0.717) is 0 Å². The predicted octanol–water partition coefficient (Wildman–Crippen LogP) is 6.50. The van der Waals surface area contributed by atoms with Gasteiger partial charge >= 0.3 is 0 Å². The van der Waals surface area contributed by atoms with Gasteiger partial charge in [-0.15, -0.1) is 11.3 Å². The number of furan rings is 1. The van der Waals surface area contributed by atoms with Crippen LogP contribution in [0.2, 0.25) is 0 Å². The van der Waals surface area contributed by atoms with Gasteiger partial charge < -0.3 is 4.42 Å². The van der Waals surface area contributed by atoms with Crippen molar-refractivity contribution in [3.05, 3.63) is 56.2 Å². The van der Waals surface area contributed by atoms with Gasteiger partial charge in [-0.05, 0) is 60.3 Å². The zero-order chi connectivity index (χ0) is 12.7. The first-order valence-corrected chi connectivity index (χ1v) is 8.59. The standard InChI is InChI=1S/C13H7Br3OS/c14-10-3-1-2-7-9(6-18-12(7)10)11(15)8-4-5-17-13(8)16/h1-6,11H. The Labute approximate surface area is 134 Å². The summed E-state index contributed by atoms with van der Waals surface area (Å²) in [7, 11) is 0. The number of benzene rings is 1. The molecular weight excluding hydrogens is 444 g/mol. The fourth-order valence-electron chi connectivity index (χ4n) is 1.89. The van der Waals surface area contributed by atoms with Gasteiger partial charge in [0.15, 0.2) is 4.67 Å². The predicted molar refractivity (Wildman–Crippen MR) is 86.7 cm³/mol. The third-order valence-corrected chi connectivity index (χ3v) is 6.38. The molecule has 0 radical (unpaired) electrons. The van der Waals surface area contributed by atoms with Crippen molar-refractivity contribution in [1.82, 2.24) is 0 Å². The number of fused-ring (bicyclic) bond motifs is 1. The Balaban J connectivity index is 2.16. The fourth-order valence-corrected chi connectivity index (χ4v) is 5.23. The molecule has 2 aromatic heterocycles. The van der Waals surface area contributed by atoms with E-state index in [0.717, 1.165) is 14.7 Å². The van der Waals surface area contributed by atoms with Gasteiger partial charge in [-0.3, -0.25) is 0 Å². The van der Waals surface area contributed by atoms with Gasteiger partial charge in [0, 0.05) is 14.7 Å². The molecule has 0 aliphatic rings. The summed E-state index contributed by atoms with van der Waals surface area (Å²) in [5.74, 6) is 0. The van der Waals surface area contributed by atoms with Gasteiger partial charge in [-0.25, -0.2) is 0 Å². The maximum Gasteiger partial charge on any atom is 0.173 e. The molecule has 2 heterocycles. The van der Waals surface area contributed by atoms with Crippen LogP contribution in [0.1, 0.15) is 16.0 Å². The monoisotopic (exact) mass is 448 g/mol. The van der Waals surface area contributed by atoms with Crippen LogP contribution in [0.5, 0.6) is 0 Å². The second-order valence-corrected chi connectivity index (χ2v) is 7.19. The summed E-state index contributed by atoms with van der Waals surface area (Å²) in [4.78, 5) is 0.133. The summed E-state index contributed by atoms with van der Waals surface area (Å²) < 4.78 is 8.49. The molecule has 0 saturated heterocycles. The highest BCUT2D eigenvalue weighted by Gasteiger charge is 2.19. The molecule has 0 aliphatic heterocycles. The van der Waals surface area contributed by atoms with E-state index in [9.17, 15) is 0 Å². The van der Waals surface area contributed by atoms with Crippen molar-refractivity contribution in [3.63, 3.8) is 0 Å². The van der Waals surface area contributed by atoms with Crippen LogP contribution in [-0.2, 0) is 0 Å². The van der Waals surface area contributed by atoms with E-state index >= 15 is 0 Å². The van der Waals surface area contributed by atoms with E-state index in [1.165, 1.54) is 15.6 Å². The van der Waals surface area contributed by atoms with Crippen LogP contribution in [0.25, 0.3) is 10.1 Å². The number of rotatable bonds is 2. The van der Waals surface area contributed by atoms with Crippen molar-refractivity contribution in [2.75, 3.05) is 0 Å². The largest absolute Gasteiger partial charge is 0.457 e. The molecule has 1 aromatic carbocycles. The van der Waals surface area contributed by atoms with Gasteiger partial charge in [-0.1, -0.05) is 28.1 Å². The Hall–Kier alpha value is -0.100. The lowest BCUT2D eigenvalue weighted by Gasteiger charge is -2.07. The maximum absolute atomic E-state index is 5.30. The van der Waals surface area contributed by atoms with E-state index in [1.807, 2.05) is 6.07 Å². The SMILES string of the molecule is Brc1occc1C(Br)c1csc2c(Br)cccc12. The lowest BCUT2D eigenvalue weighted by molar-refractivity contribution is 0.538. The minimum Gasteiger partial charge on any atom is -0.457 e. The molecule has 18 heavy (non-hydrogen) atoms.